The Hall–Kier alpha value is -2.35. The Morgan fingerprint density at radius 2 is 1.94 bits per heavy atom. The lowest BCUT2D eigenvalue weighted by molar-refractivity contribution is 0.0234. The molecule has 0 radical (unpaired) electrons. The molecule has 0 unspecified atom stereocenters. The highest BCUT2D eigenvalue weighted by atomic mass is 79.9. The minimum atomic E-state index is -0.575. The molecule has 0 bridgehead atoms. The zero-order valence-electron chi connectivity index (χ0n) is 18.9. The minimum absolute atomic E-state index is 0.247. The molecule has 31 heavy (non-hydrogen) atoms. The average molecular weight is 492 g/mol. The van der Waals surface area contributed by atoms with Gasteiger partial charge in [0.2, 0.25) is 0 Å². The number of benzene rings is 1. The van der Waals surface area contributed by atoms with Crippen molar-refractivity contribution >= 4 is 27.9 Å². The number of hydrogen-bond donors (Lipinski definition) is 1. The van der Waals surface area contributed by atoms with Gasteiger partial charge in [-0.1, -0.05) is 42.8 Å². The van der Waals surface area contributed by atoms with E-state index in [2.05, 4.69) is 26.2 Å². The quantitative estimate of drug-likeness (QED) is 0.611. The van der Waals surface area contributed by atoms with Crippen LogP contribution < -0.4 is 5.32 Å². The van der Waals surface area contributed by atoms with Gasteiger partial charge in [0.1, 0.15) is 11.9 Å². The molecule has 1 N–H and O–H groups in total. The number of halogens is 1. The molecule has 2 heterocycles. The predicted octanol–water partition coefficient (Wildman–Crippen LogP) is 5.35. The first-order valence-electron chi connectivity index (χ1n) is 10.4. The highest BCUT2D eigenvalue weighted by molar-refractivity contribution is 9.10. The van der Waals surface area contributed by atoms with Crippen LogP contribution in [-0.4, -0.2) is 34.0 Å². The summed E-state index contributed by atoms with van der Waals surface area (Å²) in [5, 5.41) is 3.07. The molecule has 1 aromatic heterocycles. The van der Waals surface area contributed by atoms with Crippen molar-refractivity contribution in [2.24, 2.45) is 0 Å². The van der Waals surface area contributed by atoms with E-state index in [0.29, 0.717) is 25.4 Å². The van der Waals surface area contributed by atoms with Gasteiger partial charge in [-0.05, 0) is 50.5 Å². The molecule has 0 saturated heterocycles. The first-order chi connectivity index (χ1) is 14.3. The predicted molar refractivity (Wildman–Crippen MR) is 121 cm³/mol. The van der Waals surface area contributed by atoms with Crippen LogP contribution in [0.25, 0.3) is 0 Å². The summed E-state index contributed by atoms with van der Waals surface area (Å²) < 4.78 is 12.0. The molecule has 1 aliphatic rings. The second kappa shape index (κ2) is 8.65. The fraction of sp³-hybridized carbons (Fsp3) is 0.522. The molecule has 0 fully saturated rings. The van der Waals surface area contributed by atoms with Gasteiger partial charge in [0.05, 0.1) is 6.04 Å². The lowest BCUT2D eigenvalue weighted by Gasteiger charge is -2.26. The summed E-state index contributed by atoms with van der Waals surface area (Å²) in [6.45, 7) is 12.3. The standard InChI is InChI=1S/C23H30BrN3O4/c1-22(2,3)20-26-18(13-30-20)19(28)25-17-9-10-27(21(29)31-23(4,5)6)12-14-11-15(24)7-8-16(14)17/h7-8,11,13,17H,9-10,12H2,1-6H3,(H,25,28)/t17-/m1/s1. The first kappa shape index (κ1) is 23.3. The summed E-state index contributed by atoms with van der Waals surface area (Å²) in [6, 6.07) is 5.63. The van der Waals surface area contributed by atoms with Gasteiger partial charge in [0.15, 0.2) is 11.6 Å². The molecule has 1 aliphatic heterocycles. The van der Waals surface area contributed by atoms with Crippen molar-refractivity contribution in [2.75, 3.05) is 6.54 Å². The van der Waals surface area contributed by atoms with Gasteiger partial charge in [-0.15, -0.1) is 0 Å². The zero-order chi connectivity index (χ0) is 23.0. The van der Waals surface area contributed by atoms with Crippen molar-refractivity contribution in [3.8, 4) is 0 Å². The monoisotopic (exact) mass is 491 g/mol. The van der Waals surface area contributed by atoms with Gasteiger partial charge in [-0.2, -0.15) is 0 Å². The largest absolute Gasteiger partial charge is 0.448 e. The fourth-order valence-electron chi connectivity index (χ4n) is 3.36. The van der Waals surface area contributed by atoms with Crippen LogP contribution in [-0.2, 0) is 16.7 Å². The lowest BCUT2D eigenvalue weighted by atomic mass is 9.97. The van der Waals surface area contributed by atoms with Crippen molar-refractivity contribution in [1.29, 1.82) is 0 Å². The van der Waals surface area contributed by atoms with Crippen LogP contribution in [0.3, 0.4) is 0 Å². The number of rotatable bonds is 2. The Bertz CT molecular complexity index is 972. The minimum Gasteiger partial charge on any atom is -0.448 e. The van der Waals surface area contributed by atoms with Gasteiger partial charge in [-0.25, -0.2) is 9.78 Å². The number of fused-ring (bicyclic) bond motifs is 1. The van der Waals surface area contributed by atoms with E-state index in [0.717, 1.165) is 15.6 Å². The molecule has 168 valence electrons. The van der Waals surface area contributed by atoms with Crippen LogP contribution in [0.2, 0.25) is 0 Å². The molecule has 2 aromatic rings. The second-order valence-corrected chi connectivity index (χ2v) is 10.8. The van der Waals surface area contributed by atoms with Gasteiger partial charge in [0, 0.05) is 23.0 Å². The highest BCUT2D eigenvalue weighted by Crippen LogP contribution is 2.30. The van der Waals surface area contributed by atoms with Gasteiger partial charge in [0.25, 0.3) is 5.91 Å². The maximum atomic E-state index is 12.9. The number of carbonyl (C=O) groups excluding carboxylic acids is 2. The van der Waals surface area contributed by atoms with Gasteiger partial charge in [-0.3, -0.25) is 4.79 Å². The zero-order valence-corrected chi connectivity index (χ0v) is 20.5. The summed E-state index contributed by atoms with van der Waals surface area (Å²) in [7, 11) is 0. The molecule has 0 aliphatic carbocycles. The van der Waals surface area contributed by atoms with E-state index in [9.17, 15) is 9.59 Å². The molecular weight excluding hydrogens is 462 g/mol. The third-order valence-electron chi connectivity index (χ3n) is 4.86. The van der Waals surface area contributed by atoms with E-state index in [4.69, 9.17) is 9.15 Å². The smallest absolute Gasteiger partial charge is 0.410 e. The van der Waals surface area contributed by atoms with Crippen LogP contribution in [0.15, 0.2) is 33.4 Å². The first-order valence-corrected chi connectivity index (χ1v) is 11.2. The number of nitrogens with zero attached hydrogens (tertiary/aromatic N) is 2. The number of nitrogens with one attached hydrogen (secondary N) is 1. The van der Waals surface area contributed by atoms with Crippen LogP contribution in [0.5, 0.6) is 0 Å². The Balaban J connectivity index is 1.82. The summed E-state index contributed by atoms with van der Waals surface area (Å²) in [6.07, 6.45) is 1.59. The van der Waals surface area contributed by atoms with Crippen LogP contribution in [0.1, 0.15) is 81.5 Å². The second-order valence-electron chi connectivity index (χ2n) is 9.85. The van der Waals surface area contributed by atoms with E-state index in [1.54, 1.807) is 4.90 Å². The van der Waals surface area contributed by atoms with E-state index in [1.165, 1.54) is 6.26 Å². The summed E-state index contributed by atoms with van der Waals surface area (Å²) >= 11 is 3.51. The number of hydrogen-bond acceptors (Lipinski definition) is 5. The Kier molecular flexibility index (Phi) is 6.51. The molecule has 0 spiro atoms. The topological polar surface area (TPSA) is 84.7 Å². The fourth-order valence-corrected chi connectivity index (χ4v) is 3.77. The van der Waals surface area contributed by atoms with Crippen molar-refractivity contribution in [3.05, 3.63) is 51.6 Å². The van der Waals surface area contributed by atoms with Gasteiger partial charge < -0.3 is 19.4 Å². The van der Waals surface area contributed by atoms with Gasteiger partial charge >= 0.3 is 6.09 Å². The molecule has 1 aromatic carbocycles. The average Bonchev–Trinajstić information content (AvgIpc) is 3.07. The molecule has 2 amide bonds. The SMILES string of the molecule is CC(C)(C)OC(=O)N1CC[C@@H](NC(=O)c2coc(C(C)(C)C)n2)c2ccc(Br)cc2C1. The Morgan fingerprint density at radius 1 is 1.23 bits per heavy atom. The van der Waals surface area contributed by atoms with E-state index < -0.39 is 5.60 Å². The maximum Gasteiger partial charge on any atom is 0.410 e. The summed E-state index contributed by atoms with van der Waals surface area (Å²) in [4.78, 5) is 31.6. The number of carbonyl (C=O) groups is 2. The number of amides is 2. The third kappa shape index (κ3) is 5.87. The van der Waals surface area contributed by atoms with E-state index in [1.807, 2.05) is 59.7 Å². The van der Waals surface area contributed by atoms with E-state index in [-0.39, 0.29) is 29.2 Å². The lowest BCUT2D eigenvalue weighted by Crippen LogP contribution is -2.37. The van der Waals surface area contributed by atoms with Crippen LogP contribution in [0.4, 0.5) is 4.79 Å². The van der Waals surface area contributed by atoms with Crippen molar-refractivity contribution in [2.45, 2.75) is 71.6 Å². The highest BCUT2D eigenvalue weighted by Gasteiger charge is 2.30. The number of aromatic nitrogens is 1. The normalized spacial score (nSPS) is 17.0. The maximum absolute atomic E-state index is 12.9. The van der Waals surface area contributed by atoms with E-state index >= 15 is 0 Å². The van der Waals surface area contributed by atoms with Crippen molar-refractivity contribution in [1.82, 2.24) is 15.2 Å². The third-order valence-corrected chi connectivity index (χ3v) is 5.36. The molecule has 1 atom stereocenters. The molecule has 0 saturated carbocycles. The van der Waals surface area contributed by atoms with Crippen LogP contribution >= 0.6 is 15.9 Å². The number of oxazole rings is 1. The number of ether oxygens (including phenoxy) is 1. The summed E-state index contributed by atoms with van der Waals surface area (Å²) in [5.41, 5.74) is 1.32. The Labute approximate surface area is 191 Å². The van der Waals surface area contributed by atoms with Crippen molar-refractivity contribution in [3.63, 3.8) is 0 Å². The molecule has 8 heteroatoms. The van der Waals surface area contributed by atoms with Crippen LogP contribution in [0, 0.1) is 0 Å². The summed E-state index contributed by atoms with van der Waals surface area (Å²) in [5.74, 6) is 0.211. The molecule has 3 rings (SSSR count). The molecule has 7 nitrogen and oxygen atoms in total. The molecular formula is C23H30BrN3O4. The van der Waals surface area contributed by atoms with Crippen molar-refractivity contribution < 1.29 is 18.7 Å². The Morgan fingerprint density at radius 3 is 2.55 bits per heavy atom.